The summed E-state index contributed by atoms with van der Waals surface area (Å²) in [7, 11) is 0. The summed E-state index contributed by atoms with van der Waals surface area (Å²) in [4.78, 5) is 37.5. The van der Waals surface area contributed by atoms with Gasteiger partial charge in [0.2, 0.25) is 5.91 Å². The van der Waals surface area contributed by atoms with E-state index in [1.54, 1.807) is 18.5 Å². The Bertz CT molecular complexity index is 783. The molecule has 1 amide bonds. The Morgan fingerprint density at radius 2 is 2.00 bits per heavy atom. The summed E-state index contributed by atoms with van der Waals surface area (Å²) in [6.07, 6.45) is 6.26. The average Bonchev–Trinajstić information content (AvgIpc) is 3.31. The van der Waals surface area contributed by atoms with Crippen LogP contribution in [0.3, 0.4) is 0 Å². The third kappa shape index (κ3) is 2.88. The number of nitrogens with zero attached hydrogens (tertiary/aromatic N) is 3. The molecular weight excluding hydrogens is 292 g/mol. The fourth-order valence-electron chi connectivity index (χ4n) is 3.12. The minimum absolute atomic E-state index is 0.139. The first kappa shape index (κ1) is 14.1. The highest BCUT2D eigenvalue weighted by atomic mass is 16.2. The average molecular weight is 310 g/mol. The molecule has 2 aromatic rings. The summed E-state index contributed by atoms with van der Waals surface area (Å²) in [6.45, 7) is 1.43. The molecule has 0 bridgehead atoms. The zero-order valence-corrected chi connectivity index (χ0v) is 12.7. The Morgan fingerprint density at radius 1 is 1.22 bits per heavy atom. The molecule has 6 nitrogen and oxygen atoms in total. The van der Waals surface area contributed by atoms with Crippen LogP contribution in [0.25, 0.3) is 11.4 Å². The van der Waals surface area contributed by atoms with Gasteiger partial charge in [-0.3, -0.25) is 14.6 Å². The Morgan fingerprint density at radius 3 is 2.74 bits per heavy atom. The monoisotopic (exact) mass is 310 g/mol. The summed E-state index contributed by atoms with van der Waals surface area (Å²) in [5.41, 5.74) is 1.45. The van der Waals surface area contributed by atoms with Crippen LogP contribution in [0.4, 0.5) is 0 Å². The Hall–Kier alpha value is -2.50. The van der Waals surface area contributed by atoms with E-state index in [1.165, 1.54) is 0 Å². The predicted molar refractivity (Wildman–Crippen MR) is 84.8 cm³/mol. The molecule has 118 valence electrons. The van der Waals surface area contributed by atoms with Gasteiger partial charge < -0.3 is 9.88 Å². The summed E-state index contributed by atoms with van der Waals surface area (Å²) >= 11 is 0. The molecule has 0 aromatic carbocycles. The normalized spacial score (nSPS) is 20.7. The molecule has 4 rings (SSSR count). The zero-order chi connectivity index (χ0) is 15.8. The molecule has 0 spiro atoms. The molecule has 2 fully saturated rings. The number of aromatic amines is 1. The van der Waals surface area contributed by atoms with E-state index in [2.05, 4.69) is 15.0 Å². The smallest absolute Gasteiger partial charge is 0.251 e. The highest BCUT2D eigenvalue weighted by molar-refractivity contribution is 5.81. The van der Waals surface area contributed by atoms with Gasteiger partial charge in [0.15, 0.2) is 0 Å². The molecule has 1 aliphatic heterocycles. The summed E-state index contributed by atoms with van der Waals surface area (Å²) < 4.78 is 0. The van der Waals surface area contributed by atoms with Crippen molar-refractivity contribution in [3.63, 3.8) is 0 Å². The van der Waals surface area contributed by atoms with Crippen molar-refractivity contribution < 1.29 is 4.79 Å². The molecule has 2 aliphatic rings. The second-order valence-electron chi connectivity index (χ2n) is 6.30. The van der Waals surface area contributed by atoms with Crippen LogP contribution in [0.15, 0.2) is 35.4 Å². The number of H-pyrrole nitrogens is 1. The van der Waals surface area contributed by atoms with Crippen LogP contribution in [0, 0.1) is 5.92 Å². The van der Waals surface area contributed by atoms with Crippen molar-refractivity contribution in [2.75, 3.05) is 13.1 Å². The SMILES string of the molecule is O=C(C1CC1)N1CCC(c2cc(=O)[nH]c(-c3ccncc3)n2)C1. The van der Waals surface area contributed by atoms with Gasteiger partial charge in [0.25, 0.3) is 5.56 Å². The van der Waals surface area contributed by atoms with E-state index in [-0.39, 0.29) is 23.3 Å². The van der Waals surface area contributed by atoms with Crippen LogP contribution in [-0.4, -0.2) is 38.8 Å². The van der Waals surface area contributed by atoms with Crippen LogP contribution >= 0.6 is 0 Å². The first-order valence-corrected chi connectivity index (χ1v) is 8.01. The predicted octanol–water partition coefficient (Wildman–Crippen LogP) is 1.56. The minimum atomic E-state index is -0.159. The largest absolute Gasteiger partial charge is 0.342 e. The lowest BCUT2D eigenvalue weighted by Crippen LogP contribution is -2.29. The van der Waals surface area contributed by atoms with Gasteiger partial charge in [-0.25, -0.2) is 4.98 Å². The third-order valence-corrected chi connectivity index (χ3v) is 4.56. The summed E-state index contributed by atoms with van der Waals surface area (Å²) in [6, 6.07) is 5.19. The van der Waals surface area contributed by atoms with Gasteiger partial charge >= 0.3 is 0 Å². The molecule has 1 aliphatic carbocycles. The standard InChI is InChI=1S/C17H18N4O2/c22-15-9-14(19-16(20-15)11-3-6-18-7-4-11)13-5-8-21(10-13)17(23)12-1-2-12/h3-4,6-7,9,12-13H,1-2,5,8,10H2,(H,19,20,22). The van der Waals surface area contributed by atoms with E-state index in [9.17, 15) is 9.59 Å². The van der Waals surface area contributed by atoms with Gasteiger partial charge in [-0.2, -0.15) is 0 Å². The van der Waals surface area contributed by atoms with Gasteiger partial charge in [0, 0.05) is 48.9 Å². The van der Waals surface area contributed by atoms with E-state index in [0.29, 0.717) is 12.4 Å². The van der Waals surface area contributed by atoms with Gasteiger partial charge in [-0.15, -0.1) is 0 Å². The maximum absolute atomic E-state index is 12.2. The van der Waals surface area contributed by atoms with Gasteiger partial charge in [0.05, 0.1) is 5.69 Å². The lowest BCUT2D eigenvalue weighted by Gasteiger charge is -2.16. The maximum atomic E-state index is 12.2. The molecule has 1 N–H and O–H groups in total. The number of amides is 1. The fraction of sp³-hybridized carbons (Fsp3) is 0.412. The molecule has 23 heavy (non-hydrogen) atoms. The highest BCUT2D eigenvalue weighted by Crippen LogP contribution is 2.34. The first-order chi connectivity index (χ1) is 11.2. The van der Waals surface area contributed by atoms with Crippen molar-refractivity contribution in [1.82, 2.24) is 19.9 Å². The summed E-state index contributed by atoms with van der Waals surface area (Å²) in [5, 5.41) is 0. The zero-order valence-electron chi connectivity index (χ0n) is 12.7. The van der Waals surface area contributed by atoms with Crippen LogP contribution in [0.5, 0.6) is 0 Å². The van der Waals surface area contributed by atoms with Gasteiger partial charge in [-0.1, -0.05) is 0 Å². The molecular formula is C17H18N4O2. The number of hydrogen-bond donors (Lipinski definition) is 1. The maximum Gasteiger partial charge on any atom is 0.251 e. The van der Waals surface area contributed by atoms with E-state index in [1.807, 2.05) is 17.0 Å². The molecule has 1 unspecified atom stereocenters. The summed E-state index contributed by atoms with van der Waals surface area (Å²) in [5.74, 6) is 1.21. The first-order valence-electron chi connectivity index (χ1n) is 8.01. The minimum Gasteiger partial charge on any atom is -0.342 e. The molecule has 2 aromatic heterocycles. The fourth-order valence-corrected chi connectivity index (χ4v) is 3.12. The van der Waals surface area contributed by atoms with Crippen molar-refractivity contribution in [2.24, 2.45) is 5.92 Å². The van der Waals surface area contributed by atoms with Gasteiger partial charge in [-0.05, 0) is 31.4 Å². The van der Waals surface area contributed by atoms with Crippen molar-refractivity contribution in [2.45, 2.75) is 25.2 Å². The number of aromatic nitrogens is 3. The number of nitrogens with one attached hydrogen (secondary N) is 1. The van der Waals surface area contributed by atoms with Crippen LogP contribution < -0.4 is 5.56 Å². The van der Waals surface area contributed by atoms with Crippen LogP contribution in [-0.2, 0) is 4.79 Å². The number of carbonyl (C=O) groups excluding carboxylic acids is 1. The number of hydrogen-bond acceptors (Lipinski definition) is 4. The quantitative estimate of drug-likeness (QED) is 0.933. The van der Waals surface area contributed by atoms with Crippen molar-refractivity contribution in [3.8, 4) is 11.4 Å². The van der Waals surface area contributed by atoms with Crippen molar-refractivity contribution >= 4 is 5.91 Å². The lowest BCUT2D eigenvalue weighted by molar-refractivity contribution is -0.131. The number of carbonyl (C=O) groups is 1. The molecule has 6 heteroatoms. The molecule has 1 saturated heterocycles. The lowest BCUT2D eigenvalue weighted by atomic mass is 10.0. The molecule has 1 atom stereocenters. The molecule has 1 saturated carbocycles. The van der Waals surface area contributed by atoms with Crippen LogP contribution in [0.1, 0.15) is 30.9 Å². The number of likely N-dealkylation sites (tertiary alicyclic amines) is 1. The van der Waals surface area contributed by atoms with Crippen molar-refractivity contribution in [3.05, 3.63) is 46.6 Å². The third-order valence-electron chi connectivity index (χ3n) is 4.56. The van der Waals surface area contributed by atoms with Gasteiger partial charge in [0.1, 0.15) is 5.82 Å². The van der Waals surface area contributed by atoms with E-state index < -0.39 is 0 Å². The number of pyridine rings is 1. The number of rotatable bonds is 3. The van der Waals surface area contributed by atoms with Crippen LogP contribution in [0.2, 0.25) is 0 Å². The van der Waals surface area contributed by atoms with Crippen molar-refractivity contribution in [1.29, 1.82) is 0 Å². The molecule has 3 heterocycles. The van der Waals surface area contributed by atoms with E-state index in [4.69, 9.17) is 0 Å². The second-order valence-corrected chi connectivity index (χ2v) is 6.30. The van der Waals surface area contributed by atoms with E-state index in [0.717, 1.165) is 37.1 Å². The molecule has 0 radical (unpaired) electrons. The topological polar surface area (TPSA) is 79.0 Å². The van der Waals surface area contributed by atoms with E-state index >= 15 is 0 Å². The Balaban J connectivity index is 1.58. The Labute approximate surface area is 133 Å². The highest BCUT2D eigenvalue weighted by Gasteiger charge is 2.37. The Kier molecular flexibility index (Phi) is 3.44. The second kappa shape index (κ2) is 5.61.